The third-order valence-corrected chi connectivity index (χ3v) is 3.93. The van der Waals surface area contributed by atoms with Crippen LogP contribution in [0.3, 0.4) is 0 Å². The Balaban J connectivity index is 1.83. The van der Waals surface area contributed by atoms with Crippen LogP contribution < -0.4 is 15.4 Å². The Morgan fingerprint density at radius 1 is 1.25 bits per heavy atom. The first kappa shape index (κ1) is 19.4. The number of urea groups is 1. The number of benzene rings is 1. The van der Waals surface area contributed by atoms with Gasteiger partial charge in [0, 0.05) is 6.07 Å². The number of carbonyl (C=O) groups is 1. The Morgan fingerprint density at radius 2 is 1.93 bits per heavy atom. The van der Waals surface area contributed by atoms with E-state index in [1.54, 1.807) is 6.92 Å². The third kappa shape index (κ3) is 3.97. The third-order valence-electron chi connectivity index (χ3n) is 3.93. The maximum atomic E-state index is 13.4. The van der Waals surface area contributed by atoms with Crippen LogP contribution in [-0.4, -0.2) is 28.3 Å². The number of nitrogens with zero attached hydrogens (tertiary/aromatic N) is 2. The van der Waals surface area contributed by atoms with Crippen molar-refractivity contribution in [2.24, 2.45) is 0 Å². The van der Waals surface area contributed by atoms with Crippen molar-refractivity contribution in [3.63, 3.8) is 0 Å². The number of hydrogen-bond donors (Lipinski definition) is 3. The maximum Gasteiger partial charge on any atom is 0.434 e. The van der Waals surface area contributed by atoms with Crippen molar-refractivity contribution in [1.82, 2.24) is 20.5 Å². The average Bonchev–Trinajstić information content (AvgIpc) is 3.03. The molecule has 0 aliphatic rings. The first-order chi connectivity index (χ1) is 13.2. The Kier molecular flexibility index (Phi) is 5.08. The number of amides is 2. The summed E-state index contributed by atoms with van der Waals surface area (Å²) in [6.07, 6.45) is -4.79. The molecule has 3 rings (SSSR count). The first-order valence-electron chi connectivity index (χ1n) is 8.02. The normalized spacial score (nSPS) is 12.6. The summed E-state index contributed by atoms with van der Waals surface area (Å²) in [5.74, 6) is -1.00. The summed E-state index contributed by atoms with van der Waals surface area (Å²) >= 11 is 0. The van der Waals surface area contributed by atoms with Gasteiger partial charge in [-0.25, -0.2) is 14.2 Å². The number of pyridine rings is 1. The minimum Gasteiger partial charge on any atom is -0.479 e. The monoisotopic (exact) mass is 397 g/mol. The largest absolute Gasteiger partial charge is 0.479 e. The molecule has 0 bridgehead atoms. The molecule has 0 unspecified atom stereocenters. The summed E-state index contributed by atoms with van der Waals surface area (Å²) in [6.45, 7) is 1.64. The molecule has 2 amide bonds. The van der Waals surface area contributed by atoms with Gasteiger partial charge in [0.15, 0.2) is 5.69 Å². The second-order valence-electron chi connectivity index (χ2n) is 5.88. The van der Waals surface area contributed by atoms with Crippen LogP contribution in [0.1, 0.15) is 24.2 Å². The van der Waals surface area contributed by atoms with E-state index in [1.807, 2.05) is 0 Å². The number of nitrogens with one attached hydrogen (secondary N) is 3. The molecule has 0 aliphatic carbocycles. The lowest BCUT2D eigenvalue weighted by atomic mass is 10.1. The molecular formula is C17H15F4N5O2. The molecule has 1 atom stereocenters. The zero-order valence-electron chi connectivity index (χ0n) is 14.7. The number of alkyl halides is 3. The van der Waals surface area contributed by atoms with Gasteiger partial charge < -0.3 is 10.1 Å². The van der Waals surface area contributed by atoms with Crippen LogP contribution in [-0.2, 0) is 6.18 Å². The molecule has 3 aromatic rings. The Hall–Kier alpha value is -3.37. The number of H-pyrrole nitrogens is 1. The highest BCUT2D eigenvalue weighted by molar-refractivity contribution is 5.93. The Labute approximate surface area is 156 Å². The molecule has 2 heterocycles. The van der Waals surface area contributed by atoms with Crippen LogP contribution in [0.25, 0.3) is 10.9 Å². The number of aromatic nitrogens is 3. The van der Waals surface area contributed by atoms with Gasteiger partial charge in [0.25, 0.3) is 0 Å². The highest BCUT2D eigenvalue weighted by Gasteiger charge is 2.37. The SMILES string of the molecule is COc1n[nH]c2cc(NC(=O)N[C@H](C)c3ccc(F)cc3)nc(C(F)(F)F)c12. The van der Waals surface area contributed by atoms with Crippen molar-refractivity contribution >= 4 is 22.8 Å². The lowest BCUT2D eigenvalue weighted by Gasteiger charge is -2.15. The molecule has 7 nitrogen and oxygen atoms in total. The quantitative estimate of drug-likeness (QED) is 0.580. The van der Waals surface area contributed by atoms with E-state index in [-0.39, 0.29) is 22.6 Å². The Morgan fingerprint density at radius 3 is 2.54 bits per heavy atom. The highest BCUT2D eigenvalue weighted by Crippen LogP contribution is 2.37. The van der Waals surface area contributed by atoms with Crippen LogP contribution in [0.5, 0.6) is 5.88 Å². The van der Waals surface area contributed by atoms with E-state index in [9.17, 15) is 22.4 Å². The van der Waals surface area contributed by atoms with E-state index in [2.05, 4.69) is 25.8 Å². The second-order valence-corrected chi connectivity index (χ2v) is 5.88. The van der Waals surface area contributed by atoms with Crippen LogP contribution in [0.15, 0.2) is 30.3 Å². The molecule has 0 spiro atoms. The number of halogens is 4. The summed E-state index contributed by atoms with van der Waals surface area (Å²) in [4.78, 5) is 15.7. The number of anilines is 1. The molecule has 11 heteroatoms. The smallest absolute Gasteiger partial charge is 0.434 e. The summed E-state index contributed by atoms with van der Waals surface area (Å²) < 4.78 is 57.9. The lowest BCUT2D eigenvalue weighted by molar-refractivity contribution is -0.139. The predicted octanol–water partition coefficient (Wildman–Crippen LogP) is 4.01. The molecule has 28 heavy (non-hydrogen) atoms. The minimum absolute atomic E-state index is 0.000980. The van der Waals surface area contributed by atoms with Crippen LogP contribution in [0.4, 0.5) is 28.2 Å². The van der Waals surface area contributed by atoms with Crippen LogP contribution in [0.2, 0.25) is 0 Å². The number of hydrogen-bond acceptors (Lipinski definition) is 4. The standard InChI is InChI=1S/C17H15F4N5O2/c1-8(9-3-5-10(18)6-4-9)22-16(27)24-12-7-11-13(15(28-2)26-25-11)14(23-12)17(19,20)21/h3-8H,1-2H3,(H,25,26)(H2,22,23,24,27)/t8-/m1/s1. The Bertz CT molecular complexity index is 1000. The summed E-state index contributed by atoms with van der Waals surface area (Å²) in [5, 5.41) is 10.5. The fourth-order valence-electron chi connectivity index (χ4n) is 2.62. The average molecular weight is 397 g/mol. The van der Waals surface area contributed by atoms with E-state index >= 15 is 0 Å². The topological polar surface area (TPSA) is 91.9 Å². The van der Waals surface area contributed by atoms with E-state index in [4.69, 9.17) is 4.74 Å². The zero-order chi connectivity index (χ0) is 20.5. The number of carbonyl (C=O) groups excluding carboxylic acids is 1. The molecule has 2 aromatic heterocycles. The second kappa shape index (κ2) is 7.33. The lowest BCUT2D eigenvalue weighted by Crippen LogP contribution is -2.31. The van der Waals surface area contributed by atoms with Crippen molar-refractivity contribution < 1.29 is 27.1 Å². The van der Waals surface area contributed by atoms with Gasteiger partial charge in [0.2, 0.25) is 5.88 Å². The number of aromatic amines is 1. The van der Waals surface area contributed by atoms with Crippen molar-refractivity contribution in [3.8, 4) is 5.88 Å². The van der Waals surface area contributed by atoms with Gasteiger partial charge in [0.05, 0.1) is 24.1 Å². The molecule has 0 fully saturated rings. The number of methoxy groups -OCH3 is 1. The predicted molar refractivity (Wildman–Crippen MR) is 92.4 cm³/mol. The van der Waals surface area contributed by atoms with E-state index < -0.39 is 29.8 Å². The van der Waals surface area contributed by atoms with Gasteiger partial charge in [-0.3, -0.25) is 10.4 Å². The molecule has 0 saturated carbocycles. The van der Waals surface area contributed by atoms with Gasteiger partial charge in [-0.15, -0.1) is 5.10 Å². The first-order valence-corrected chi connectivity index (χ1v) is 8.02. The van der Waals surface area contributed by atoms with E-state index in [0.717, 1.165) is 0 Å². The number of fused-ring (bicyclic) bond motifs is 1. The highest BCUT2D eigenvalue weighted by atomic mass is 19.4. The molecule has 1 aromatic carbocycles. The summed E-state index contributed by atoms with van der Waals surface area (Å²) in [7, 11) is 1.19. The molecule has 3 N–H and O–H groups in total. The fraction of sp³-hybridized carbons (Fsp3) is 0.235. The van der Waals surface area contributed by atoms with E-state index in [0.29, 0.717) is 5.56 Å². The molecule has 0 saturated heterocycles. The van der Waals surface area contributed by atoms with Crippen molar-refractivity contribution in [2.45, 2.75) is 19.1 Å². The maximum absolute atomic E-state index is 13.4. The van der Waals surface area contributed by atoms with Gasteiger partial charge in [-0.2, -0.15) is 13.2 Å². The van der Waals surface area contributed by atoms with Crippen molar-refractivity contribution in [1.29, 1.82) is 0 Å². The molecule has 0 aliphatic heterocycles. The van der Waals surface area contributed by atoms with Gasteiger partial charge in [-0.05, 0) is 24.6 Å². The molecular weight excluding hydrogens is 382 g/mol. The van der Waals surface area contributed by atoms with Crippen molar-refractivity contribution in [2.75, 3.05) is 12.4 Å². The van der Waals surface area contributed by atoms with Crippen LogP contribution >= 0.6 is 0 Å². The number of rotatable bonds is 4. The van der Waals surface area contributed by atoms with Gasteiger partial charge in [-0.1, -0.05) is 12.1 Å². The summed E-state index contributed by atoms with van der Waals surface area (Å²) in [6, 6.07) is 5.38. The summed E-state index contributed by atoms with van der Waals surface area (Å²) in [5.41, 5.74) is -0.618. The van der Waals surface area contributed by atoms with Crippen molar-refractivity contribution in [3.05, 3.63) is 47.4 Å². The minimum atomic E-state index is -4.79. The van der Waals surface area contributed by atoms with Gasteiger partial charge >= 0.3 is 12.2 Å². The number of ether oxygens (including phenoxy) is 1. The van der Waals surface area contributed by atoms with E-state index in [1.165, 1.54) is 37.4 Å². The fourth-order valence-corrected chi connectivity index (χ4v) is 2.62. The molecule has 148 valence electrons. The van der Waals surface area contributed by atoms with Crippen LogP contribution in [0, 0.1) is 5.82 Å². The molecule has 0 radical (unpaired) electrons. The zero-order valence-corrected chi connectivity index (χ0v) is 14.7. The van der Waals surface area contributed by atoms with Gasteiger partial charge in [0.1, 0.15) is 11.6 Å².